The van der Waals surface area contributed by atoms with Crippen molar-refractivity contribution in [3.63, 3.8) is 0 Å². The van der Waals surface area contributed by atoms with E-state index in [4.69, 9.17) is 4.74 Å². The highest BCUT2D eigenvalue weighted by Crippen LogP contribution is 2.34. The summed E-state index contributed by atoms with van der Waals surface area (Å²) >= 11 is 1.68. The van der Waals surface area contributed by atoms with E-state index in [1.54, 1.807) is 22.2 Å². The number of hydrogen-bond acceptors (Lipinski definition) is 4. The van der Waals surface area contributed by atoms with Gasteiger partial charge in [0.25, 0.3) is 5.56 Å². The Balaban J connectivity index is 1.54. The number of thiophene rings is 1. The first-order valence-electron chi connectivity index (χ1n) is 7.91. The second-order valence-electron chi connectivity index (χ2n) is 5.94. The zero-order valence-corrected chi connectivity index (χ0v) is 13.9. The highest BCUT2D eigenvalue weighted by atomic mass is 32.1. The summed E-state index contributed by atoms with van der Waals surface area (Å²) in [6.07, 6.45) is 4.90. The molecule has 0 aliphatic heterocycles. The molecule has 1 aliphatic rings. The van der Waals surface area contributed by atoms with Crippen LogP contribution in [0.3, 0.4) is 0 Å². The minimum Gasteiger partial charge on any atom is -0.492 e. The fourth-order valence-electron chi connectivity index (χ4n) is 3.08. The fourth-order valence-corrected chi connectivity index (χ4v) is 4.29. The lowest BCUT2D eigenvalue weighted by atomic mass is 10.2. The minimum atomic E-state index is 0.0712. The van der Waals surface area contributed by atoms with Gasteiger partial charge in [0.1, 0.15) is 17.2 Å². The molecule has 23 heavy (non-hydrogen) atoms. The number of fused-ring (bicyclic) bond motifs is 3. The van der Waals surface area contributed by atoms with Crippen LogP contribution in [0.5, 0.6) is 5.75 Å². The van der Waals surface area contributed by atoms with Crippen molar-refractivity contribution in [2.24, 2.45) is 0 Å². The maximum atomic E-state index is 12.7. The fraction of sp³-hybridized carbons (Fsp3) is 0.333. The zero-order chi connectivity index (χ0) is 15.8. The second-order valence-corrected chi connectivity index (χ2v) is 7.03. The Kier molecular flexibility index (Phi) is 3.65. The van der Waals surface area contributed by atoms with Gasteiger partial charge in [0, 0.05) is 4.88 Å². The lowest BCUT2D eigenvalue weighted by Gasteiger charge is -2.08. The Morgan fingerprint density at radius 3 is 2.91 bits per heavy atom. The molecule has 2 heterocycles. The van der Waals surface area contributed by atoms with Crippen molar-refractivity contribution in [3.05, 3.63) is 57.0 Å². The van der Waals surface area contributed by atoms with Gasteiger partial charge in [-0.3, -0.25) is 9.36 Å². The third-order valence-electron chi connectivity index (χ3n) is 4.31. The van der Waals surface area contributed by atoms with Gasteiger partial charge in [-0.25, -0.2) is 4.98 Å². The average molecular weight is 326 g/mol. The first kappa shape index (κ1) is 14.5. The van der Waals surface area contributed by atoms with Crippen LogP contribution in [0.1, 0.15) is 22.4 Å². The van der Waals surface area contributed by atoms with E-state index >= 15 is 0 Å². The Morgan fingerprint density at radius 1 is 1.26 bits per heavy atom. The predicted octanol–water partition coefficient (Wildman–Crippen LogP) is 3.33. The van der Waals surface area contributed by atoms with Crippen LogP contribution >= 0.6 is 11.3 Å². The van der Waals surface area contributed by atoms with Gasteiger partial charge < -0.3 is 4.74 Å². The van der Waals surface area contributed by atoms with E-state index in [9.17, 15) is 4.79 Å². The quantitative estimate of drug-likeness (QED) is 0.738. The molecule has 1 aliphatic carbocycles. The summed E-state index contributed by atoms with van der Waals surface area (Å²) in [6.45, 7) is 3.02. The Morgan fingerprint density at radius 2 is 2.09 bits per heavy atom. The van der Waals surface area contributed by atoms with Crippen LogP contribution in [0.2, 0.25) is 0 Å². The van der Waals surface area contributed by atoms with Gasteiger partial charge in [-0.1, -0.05) is 17.7 Å². The number of aromatic nitrogens is 2. The van der Waals surface area contributed by atoms with Gasteiger partial charge in [0.15, 0.2) is 0 Å². The number of rotatable bonds is 4. The van der Waals surface area contributed by atoms with Crippen LogP contribution in [0, 0.1) is 6.92 Å². The predicted molar refractivity (Wildman–Crippen MR) is 92.6 cm³/mol. The van der Waals surface area contributed by atoms with Crippen LogP contribution < -0.4 is 10.3 Å². The molecule has 0 atom stereocenters. The smallest absolute Gasteiger partial charge is 0.262 e. The van der Waals surface area contributed by atoms with E-state index in [2.05, 4.69) is 4.98 Å². The van der Waals surface area contributed by atoms with Crippen molar-refractivity contribution in [2.75, 3.05) is 6.61 Å². The first-order chi connectivity index (χ1) is 11.2. The Hall–Kier alpha value is -2.14. The second kappa shape index (κ2) is 5.81. The van der Waals surface area contributed by atoms with Gasteiger partial charge in [-0.05, 0) is 43.9 Å². The molecule has 4 nitrogen and oxygen atoms in total. The van der Waals surface area contributed by atoms with Crippen molar-refractivity contribution in [3.8, 4) is 5.75 Å². The molecule has 0 saturated carbocycles. The largest absolute Gasteiger partial charge is 0.492 e. The van der Waals surface area contributed by atoms with Gasteiger partial charge in [-0.2, -0.15) is 0 Å². The van der Waals surface area contributed by atoms with E-state index in [0.29, 0.717) is 13.2 Å². The number of ether oxygens (including phenoxy) is 1. The summed E-state index contributed by atoms with van der Waals surface area (Å²) in [7, 11) is 0. The average Bonchev–Trinajstić information content (AvgIpc) is 3.12. The standard InChI is InChI=1S/C18H18N2O2S/c1-12-5-7-13(8-6-12)22-10-9-20-11-19-17-16(18(20)21)14-3-2-4-15(14)23-17/h5-8,11H,2-4,9-10H2,1H3. The molecule has 0 unspecified atom stereocenters. The van der Waals surface area contributed by atoms with E-state index in [1.165, 1.54) is 16.0 Å². The number of aryl methyl sites for hydroxylation is 3. The highest BCUT2D eigenvalue weighted by molar-refractivity contribution is 7.18. The maximum absolute atomic E-state index is 12.7. The van der Waals surface area contributed by atoms with Crippen molar-refractivity contribution < 1.29 is 4.74 Å². The normalized spacial score (nSPS) is 13.4. The van der Waals surface area contributed by atoms with Crippen LogP contribution in [0.15, 0.2) is 35.4 Å². The molecule has 0 spiro atoms. The number of nitrogens with zero attached hydrogens (tertiary/aromatic N) is 2. The lowest BCUT2D eigenvalue weighted by Crippen LogP contribution is -2.23. The lowest BCUT2D eigenvalue weighted by molar-refractivity contribution is 0.296. The summed E-state index contributed by atoms with van der Waals surface area (Å²) < 4.78 is 7.39. The number of hydrogen-bond donors (Lipinski definition) is 0. The van der Waals surface area contributed by atoms with Gasteiger partial charge in [-0.15, -0.1) is 11.3 Å². The topological polar surface area (TPSA) is 44.1 Å². The van der Waals surface area contributed by atoms with Crippen molar-refractivity contribution >= 4 is 21.6 Å². The van der Waals surface area contributed by atoms with Crippen molar-refractivity contribution in [1.82, 2.24) is 9.55 Å². The van der Waals surface area contributed by atoms with E-state index in [-0.39, 0.29) is 5.56 Å². The molecule has 2 aromatic heterocycles. The maximum Gasteiger partial charge on any atom is 0.262 e. The summed E-state index contributed by atoms with van der Waals surface area (Å²) in [4.78, 5) is 19.4. The molecule has 4 rings (SSSR count). The molecular weight excluding hydrogens is 308 g/mol. The van der Waals surface area contributed by atoms with Crippen LogP contribution in [-0.4, -0.2) is 16.2 Å². The minimum absolute atomic E-state index is 0.0712. The Labute approximate surface area is 138 Å². The highest BCUT2D eigenvalue weighted by Gasteiger charge is 2.21. The third-order valence-corrected chi connectivity index (χ3v) is 5.51. The summed E-state index contributed by atoms with van der Waals surface area (Å²) in [5, 5.41) is 0.834. The molecule has 1 aromatic carbocycles. The van der Waals surface area contributed by atoms with Gasteiger partial charge in [0.2, 0.25) is 0 Å². The summed E-state index contributed by atoms with van der Waals surface area (Å²) in [5.41, 5.74) is 2.51. The van der Waals surface area contributed by atoms with Gasteiger partial charge >= 0.3 is 0 Å². The molecule has 0 bridgehead atoms. The van der Waals surface area contributed by atoms with Crippen LogP contribution in [0.4, 0.5) is 0 Å². The van der Waals surface area contributed by atoms with Crippen molar-refractivity contribution in [1.29, 1.82) is 0 Å². The van der Waals surface area contributed by atoms with Crippen LogP contribution in [0.25, 0.3) is 10.2 Å². The third kappa shape index (κ3) is 2.65. The Bertz CT molecular complexity index is 909. The van der Waals surface area contributed by atoms with E-state index in [0.717, 1.165) is 35.2 Å². The zero-order valence-electron chi connectivity index (χ0n) is 13.0. The first-order valence-corrected chi connectivity index (χ1v) is 8.73. The molecule has 0 radical (unpaired) electrons. The van der Waals surface area contributed by atoms with Gasteiger partial charge in [0.05, 0.1) is 18.3 Å². The van der Waals surface area contributed by atoms with Crippen molar-refractivity contribution in [2.45, 2.75) is 32.7 Å². The molecule has 0 fully saturated rings. The molecule has 0 N–H and O–H groups in total. The molecule has 0 amide bonds. The molecule has 5 heteroatoms. The van der Waals surface area contributed by atoms with Crippen LogP contribution in [-0.2, 0) is 19.4 Å². The summed E-state index contributed by atoms with van der Waals surface area (Å²) in [5.74, 6) is 0.828. The molecule has 118 valence electrons. The summed E-state index contributed by atoms with van der Waals surface area (Å²) in [6, 6.07) is 7.93. The monoisotopic (exact) mass is 326 g/mol. The number of benzene rings is 1. The SMILES string of the molecule is Cc1ccc(OCCn2cnc3sc4c(c3c2=O)CCC4)cc1. The van der Waals surface area contributed by atoms with E-state index in [1.807, 2.05) is 31.2 Å². The molecule has 0 saturated heterocycles. The van der Waals surface area contributed by atoms with E-state index < -0.39 is 0 Å². The molecule has 3 aromatic rings. The molecular formula is C18H18N2O2S.